The smallest absolute Gasteiger partial charge is 0.267 e. The average molecular weight is 537 g/mol. The molecule has 2 aromatic carbocycles. The fourth-order valence-electron chi connectivity index (χ4n) is 4.02. The molecule has 0 spiro atoms. The number of benzene rings is 2. The lowest BCUT2D eigenvalue weighted by Gasteiger charge is -2.15. The van der Waals surface area contributed by atoms with Gasteiger partial charge < -0.3 is 20.8 Å². The Hall–Kier alpha value is -4.44. The lowest BCUT2D eigenvalue weighted by Crippen LogP contribution is -2.13. The van der Waals surface area contributed by atoms with Crippen LogP contribution in [-0.4, -0.2) is 25.7 Å². The van der Waals surface area contributed by atoms with Crippen LogP contribution in [0.3, 0.4) is 0 Å². The van der Waals surface area contributed by atoms with E-state index in [0.717, 1.165) is 17.1 Å². The van der Waals surface area contributed by atoms with Crippen LogP contribution in [0.15, 0.2) is 60.8 Å². The second-order valence-electron chi connectivity index (χ2n) is 9.69. The van der Waals surface area contributed by atoms with Crippen LogP contribution < -0.4 is 15.8 Å². The van der Waals surface area contributed by atoms with E-state index in [1.54, 1.807) is 24.3 Å². The summed E-state index contributed by atoms with van der Waals surface area (Å²) in [5, 5.41) is 9.06. The molecule has 0 aliphatic carbocycles. The fourth-order valence-corrected chi connectivity index (χ4v) is 4.23. The van der Waals surface area contributed by atoms with Gasteiger partial charge in [0.25, 0.3) is 5.91 Å². The molecule has 5 aromatic rings. The number of rotatable bonds is 6. The lowest BCUT2D eigenvalue weighted by molar-refractivity contribution is 0.0995. The molecule has 0 radical (unpaired) electrons. The molecule has 0 saturated carbocycles. The highest BCUT2D eigenvalue weighted by atomic mass is 35.5. The number of halogens is 3. The third kappa shape index (κ3) is 5.03. The Bertz CT molecular complexity index is 1670. The van der Waals surface area contributed by atoms with Crippen molar-refractivity contribution in [3.8, 4) is 17.2 Å². The molecule has 3 heterocycles. The van der Waals surface area contributed by atoms with Crippen molar-refractivity contribution in [2.45, 2.75) is 26.2 Å². The Morgan fingerprint density at radius 1 is 1.05 bits per heavy atom. The molecule has 0 aliphatic heterocycles. The number of aromatic amines is 1. The molecule has 0 fully saturated rings. The summed E-state index contributed by atoms with van der Waals surface area (Å²) in [5.41, 5.74) is 7.18. The number of aromatic nitrogens is 4. The van der Waals surface area contributed by atoms with E-state index in [0.29, 0.717) is 33.7 Å². The van der Waals surface area contributed by atoms with Gasteiger partial charge in [0.05, 0.1) is 22.1 Å². The topological polar surface area (TPSA) is 111 Å². The van der Waals surface area contributed by atoms with Crippen molar-refractivity contribution in [3.05, 3.63) is 88.8 Å². The molecule has 0 atom stereocenters. The number of nitrogens with two attached hydrogens (primary N) is 1. The molecule has 1 amide bonds. The zero-order valence-corrected chi connectivity index (χ0v) is 21.4. The van der Waals surface area contributed by atoms with Crippen LogP contribution in [-0.2, 0) is 5.41 Å². The molecule has 4 N–H and O–H groups in total. The summed E-state index contributed by atoms with van der Waals surface area (Å²) in [6, 6.07) is 13.2. The summed E-state index contributed by atoms with van der Waals surface area (Å²) >= 11 is 6.52. The van der Waals surface area contributed by atoms with Gasteiger partial charge in [0.2, 0.25) is 0 Å². The van der Waals surface area contributed by atoms with E-state index in [-0.39, 0.29) is 16.8 Å². The first-order valence-electron chi connectivity index (χ1n) is 11.6. The number of fused-ring (bicyclic) bond motifs is 1. The van der Waals surface area contributed by atoms with Crippen molar-refractivity contribution in [2.75, 3.05) is 5.32 Å². The van der Waals surface area contributed by atoms with Crippen LogP contribution in [0.4, 0.5) is 20.3 Å². The number of primary amides is 1. The molecule has 8 nitrogen and oxygen atoms in total. The van der Waals surface area contributed by atoms with E-state index in [4.69, 9.17) is 22.1 Å². The van der Waals surface area contributed by atoms with Crippen molar-refractivity contribution in [1.29, 1.82) is 0 Å². The maximum absolute atomic E-state index is 14.0. The van der Waals surface area contributed by atoms with Gasteiger partial charge in [-0.3, -0.25) is 9.78 Å². The zero-order valence-electron chi connectivity index (χ0n) is 20.6. The molecular formula is C27H23ClF2N6O2. The minimum absolute atomic E-state index is 0.0832. The first-order valence-corrected chi connectivity index (χ1v) is 11.9. The number of hydrogen-bond donors (Lipinski definition) is 3. The molecule has 0 saturated heterocycles. The maximum atomic E-state index is 14.0. The first kappa shape index (κ1) is 25.2. The van der Waals surface area contributed by atoms with Crippen LogP contribution in [0.5, 0.6) is 11.5 Å². The second-order valence-corrected chi connectivity index (χ2v) is 10.1. The molecule has 0 bridgehead atoms. The largest absolute Gasteiger partial charge is 0.457 e. The molecule has 194 valence electrons. The monoisotopic (exact) mass is 536 g/mol. The number of pyridine rings is 1. The van der Waals surface area contributed by atoms with Gasteiger partial charge in [-0.15, -0.1) is 0 Å². The van der Waals surface area contributed by atoms with Crippen LogP contribution >= 0.6 is 11.6 Å². The first-order chi connectivity index (χ1) is 18.0. The summed E-state index contributed by atoms with van der Waals surface area (Å²) < 4.78 is 35.2. The minimum Gasteiger partial charge on any atom is -0.457 e. The lowest BCUT2D eigenvalue weighted by atomic mass is 9.91. The van der Waals surface area contributed by atoms with Gasteiger partial charge >= 0.3 is 0 Å². The van der Waals surface area contributed by atoms with E-state index < -0.39 is 17.5 Å². The number of ether oxygens (including phenoxy) is 1. The number of carbonyl (C=O) groups excluding carboxylic acids is 1. The molecule has 5 rings (SSSR count). The van der Waals surface area contributed by atoms with Gasteiger partial charge in [0.1, 0.15) is 40.3 Å². The number of nitrogens with one attached hydrogen (secondary N) is 2. The molecule has 11 heteroatoms. The maximum Gasteiger partial charge on any atom is 0.267 e. The van der Waals surface area contributed by atoms with Crippen LogP contribution in [0.25, 0.3) is 16.7 Å². The predicted molar refractivity (Wildman–Crippen MR) is 142 cm³/mol. The highest BCUT2D eigenvalue weighted by Crippen LogP contribution is 2.36. The summed E-state index contributed by atoms with van der Waals surface area (Å²) in [4.78, 5) is 18.5. The van der Waals surface area contributed by atoms with Crippen molar-refractivity contribution in [2.24, 2.45) is 5.73 Å². The number of hydrogen-bond acceptors (Lipinski definition) is 5. The highest BCUT2D eigenvalue weighted by molar-refractivity contribution is 6.33. The summed E-state index contributed by atoms with van der Waals surface area (Å²) in [6.07, 6.45) is 1.42. The SMILES string of the molecule is CC(C)(C)c1nn(-c2cc(F)cc(F)c2)c2[nH]c(Nc3ccc(Oc4ccnc(C(N)=O)c4)cc3Cl)cc12. The van der Waals surface area contributed by atoms with Crippen molar-refractivity contribution >= 4 is 40.0 Å². The molecule has 3 aromatic heterocycles. The summed E-state index contributed by atoms with van der Waals surface area (Å²) in [7, 11) is 0. The molecular weight excluding hydrogens is 514 g/mol. The Kier molecular flexibility index (Phi) is 6.28. The van der Waals surface area contributed by atoms with Gasteiger partial charge in [-0.25, -0.2) is 13.5 Å². The van der Waals surface area contributed by atoms with Gasteiger partial charge in [-0.2, -0.15) is 5.10 Å². The van der Waals surface area contributed by atoms with E-state index in [9.17, 15) is 13.6 Å². The van der Waals surface area contributed by atoms with Gasteiger partial charge in [-0.1, -0.05) is 32.4 Å². The Morgan fingerprint density at radius 2 is 1.76 bits per heavy atom. The standard InChI is InChI=1S/C27H23ClF2N6O2/c1-27(2,3)24-19-13-23(34-26(19)36(35-24)16-9-14(29)8-15(30)10-16)33-21-5-4-17(11-20(21)28)38-18-6-7-32-22(12-18)25(31)37/h4-13,33-34H,1-3H3,(H2,31,37). The minimum atomic E-state index is -0.697. The number of carbonyl (C=O) groups is 1. The van der Waals surface area contributed by atoms with Crippen molar-refractivity contribution in [3.63, 3.8) is 0 Å². The van der Waals surface area contributed by atoms with Crippen LogP contribution in [0, 0.1) is 11.6 Å². The summed E-state index contributed by atoms with van der Waals surface area (Å²) in [6.45, 7) is 6.03. The van der Waals surface area contributed by atoms with E-state index >= 15 is 0 Å². The Morgan fingerprint density at radius 3 is 2.42 bits per heavy atom. The van der Waals surface area contributed by atoms with E-state index in [2.05, 4.69) is 20.4 Å². The summed E-state index contributed by atoms with van der Waals surface area (Å²) in [5.74, 6) is -0.627. The molecule has 0 unspecified atom stereocenters. The normalized spacial score (nSPS) is 11.6. The van der Waals surface area contributed by atoms with Crippen LogP contribution in [0.2, 0.25) is 5.02 Å². The number of nitrogens with zero attached hydrogens (tertiary/aromatic N) is 3. The quantitative estimate of drug-likeness (QED) is 0.226. The number of H-pyrrole nitrogens is 1. The van der Waals surface area contributed by atoms with E-state index in [1.165, 1.54) is 29.1 Å². The Labute approximate surface area is 221 Å². The molecule has 0 aliphatic rings. The van der Waals surface area contributed by atoms with Crippen molar-refractivity contribution in [1.82, 2.24) is 19.7 Å². The fraction of sp³-hybridized carbons (Fsp3) is 0.148. The molecule has 38 heavy (non-hydrogen) atoms. The predicted octanol–water partition coefficient (Wildman–Crippen LogP) is 6.61. The van der Waals surface area contributed by atoms with Crippen molar-refractivity contribution < 1.29 is 18.3 Å². The highest BCUT2D eigenvalue weighted by Gasteiger charge is 2.25. The average Bonchev–Trinajstić information content (AvgIpc) is 3.39. The number of amides is 1. The zero-order chi connectivity index (χ0) is 27.2. The third-order valence-electron chi connectivity index (χ3n) is 5.70. The number of anilines is 2. The van der Waals surface area contributed by atoms with Gasteiger partial charge in [0.15, 0.2) is 0 Å². The van der Waals surface area contributed by atoms with Crippen LogP contribution in [0.1, 0.15) is 37.0 Å². The van der Waals surface area contributed by atoms with Gasteiger partial charge in [-0.05, 0) is 36.4 Å². The van der Waals surface area contributed by atoms with E-state index in [1.807, 2.05) is 26.8 Å². The third-order valence-corrected chi connectivity index (χ3v) is 6.01. The van der Waals surface area contributed by atoms with Gasteiger partial charge in [0, 0.05) is 35.2 Å². The second kappa shape index (κ2) is 9.46. The Balaban J connectivity index is 1.46.